The Morgan fingerprint density at radius 3 is 3.10 bits per heavy atom. The first-order valence-electron chi connectivity index (χ1n) is 6.62. The van der Waals surface area contributed by atoms with Gasteiger partial charge in [0.25, 0.3) is 0 Å². The number of anilines is 1. The molecule has 1 unspecified atom stereocenters. The summed E-state index contributed by atoms with van der Waals surface area (Å²) in [4.78, 5) is 14.5. The smallest absolute Gasteiger partial charge is 0.312 e. The summed E-state index contributed by atoms with van der Waals surface area (Å²) >= 11 is 0. The summed E-state index contributed by atoms with van der Waals surface area (Å²) in [5.41, 5.74) is -0.268. The van der Waals surface area contributed by atoms with Crippen LogP contribution in [0.25, 0.3) is 0 Å². The predicted octanol–water partition coefficient (Wildman–Crippen LogP) is 1.04. The number of nitrogens with one attached hydrogen (secondary N) is 2. The summed E-state index contributed by atoms with van der Waals surface area (Å²) in [5, 5.41) is 26.2. The lowest BCUT2D eigenvalue weighted by Gasteiger charge is -2.29. The molecule has 0 aliphatic carbocycles. The van der Waals surface area contributed by atoms with Crippen molar-refractivity contribution >= 4 is 11.5 Å². The molecule has 21 heavy (non-hydrogen) atoms. The summed E-state index contributed by atoms with van der Waals surface area (Å²) in [7, 11) is 1.63. The molecule has 2 rings (SSSR count). The highest BCUT2D eigenvalue weighted by Gasteiger charge is 2.34. The Labute approximate surface area is 122 Å². The molecule has 0 radical (unpaired) electrons. The molecule has 0 aromatic carbocycles. The van der Waals surface area contributed by atoms with Crippen LogP contribution >= 0.6 is 0 Å². The molecule has 1 aliphatic rings. The molecule has 1 fully saturated rings. The van der Waals surface area contributed by atoms with Gasteiger partial charge in [0.15, 0.2) is 0 Å². The van der Waals surface area contributed by atoms with Gasteiger partial charge in [-0.05, 0) is 19.4 Å². The van der Waals surface area contributed by atoms with E-state index in [0.717, 1.165) is 19.4 Å². The molecule has 1 aromatic rings. The Bertz CT molecular complexity index is 563. The van der Waals surface area contributed by atoms with Gasteiger partial charge in [0.1, 0.15) is 6.07 Å². The number of methoxy groups -OCH3 is 1. The number of nitriles is 1. The van der Waals surface area contributed by atoms with Crippen molar-refractivity contribution in [2.75, 3.05) is 32.1 Å². The van der Waals surface area contributed by atoms with Crippen LogP contribution < -0.4 is 10.6 Å². The van der Waals surface area contributed by atoms with E-state index in [1.54, 1.807) is 7.11 Å². The zero-order valence-corrected chi connectivity index (χ0v) is 11.8. The topological polar surface area (TPSA) is 113 Å². The van der Waals surface area contributed by atoms with Crippen LogP contribution in [0.2, 0.25) is 0 Å². The van der Waals surface area contributed by atoms with Gasteiger partial charge in [0.2, 0.25) is 5.82 Å². The van der Waals surface area contributed by atoms with Crippen LogP contribution in [0.5, 0.6) is 0 Å². The van der Waals surface area contributed by atoms with E-state index in [9.17, 15) is 10.1 Å². The minimum Gasteiger partial charge on any atom is -0.383 e. The van der Waals surface area contributed by atoms with E-state index in [1.165, 1.54) is 12.3 Å². The largest absolute Gasteiger partial charge is 0.383 e. The predicted molar refractivity (Wildman–Crippen MR) is 75.9 cm³/mol. The summed E-state index contributed by atoms with van der Waals surface area (Å²) in [5.74, 6) is 0.170. The van der Waals surface area contributed by atoms with Crippen LogP contribution in [0.4, 0.5) is 11.5 Å². The van der Waals surface area contributed by atoms with Crippen molar-refractivity contribution in [3.05, 3.63) is 27.9 Å². The van der Waals surface area contributed by atoms with E-state index in [-0.39, 0.29) is 22.6 Å². The molecule has 1 aromatic heterocycles. The van der Waals surface area contributed by atoms with Crippen LogP contribution in [-0.2, 0) is 4.74 Å². The molecule has 1 saturated heterocycles. The summed E-state index contributed by atoms with van der Waals surface area (Å²) in [6, 6.07) is 3.07. The summed E-state index contributed by atoms with van der Waals surface area (Å²) < 4.78 is 5.23. The van der Waals surface area contributed by atoms with Gasteiger partial charge in [-0.3, -0.25) is 10.1 Å². The lowest BCUT2D eigenvalue weighted by atomic mass is 9.98. The molecule has 0 saturated carbocycles. The van der Waals surface area contributed by atoms with Crippen LogP contribution in [0.15, 0.2) is 12.3 Å². The Morgan fingerprint density at radius 2 is 2.52 bits per heavy atom. The second-order valence-corrected chi connectivity index (χ2v) is 5.06. The van der Waals surface area contributed by atoms with Gasteiger partial charge in [-0.2, -0.15) is 5.26 Å². The number of pyridine rings is 1. The summed E-state index contributed by atoms with van der Waals surface area (Å²) in [6.45, 7) is 1.89. The maximum atomic E-state index is 11.1. The standard InChI is InChI=1S/C13H17N5O3/c1-21-9-13(3-2-4-17-13)8-16-12-11(18(19)20)5-10(6-14)7-15-12/h5,7,17H,2-4,8-9H2,1H3,(H,15,16). The van der Waals surface area contributed by atoms with Gasteiger partial charge in [0, 0.05) is 25.9 Å². The van der Waals surface area contributed by atoms with E-state index < -0.39 is 4.92 Å². The first-order chi connectivity index (χ1) is 10.1. The number of nitrogens with zero attached hydrogens (tertiary/aromatic N) is 3. The number of hydrogen-bond donors (Lipinski definition) is 2. The number of rotatable bonds is 6. The summed E-state index contributed by atoms with van der Waals surface area (Å²) in [6.07, 6.45) is 3.28. The monoisotopic (exact) mass is 291 g/mol. The SMILES string of the molecule is COCC1(CNc2ncc(C#N)cc2[N+](=O)[O-])CCCN1. The van der Waals surface area contributed by atoms with E-state index in [1.807, 2.05) is 6.07 Å². The highest BCUT2D eigenvalue weighted by Crippen LogP contribution is 2.25. The first-order valence-corrected chi connectivity index (χ1v) is 6.62. The Morgan fingerprint density at radius 1 is 1.71 bits per heavy atom. The molecule has 2 heterocycles. The van der Waals surface area contributed by atoms with E-state index in [0.29, 0.717) is 13.2 Å². The maximum Gasteiger partial charge on any atom is 0.312 e. The van der Waals surface area contributed by atoms with Crippen molar-refractivity contribution in [2.24, 2.45) is 0 Å². The van der Waals surface area contributed by atoms with Gasteiger partial charge in [-0.15, -0.1) is 0 Å². The number of aromatic nitrogens is 1. The van der Waals surface area contributed by atoms with Gasteiger partial charge in [-0.25, -0.2) is 4.98 Å². The molecule has 112 valence electrons. The highest BCUT2D eigenvalue weighted by molar-refractivity contribution is 5.58. The van der Waals surface area contributed by atoms with Crippen molar-refractivity contribution < 1.29 is 9.66 Å². The third kappa shape index (κ3) is 3.45. The van der Waals surface area contributed by atoms with Crippen LogP contribution in [-0.4, -0.2) is 42.3 Å². The first kappa shape index (κ1) is 15.2. The quantitative estimate of drug-likeness (QED) is 0.594. The lowest BCUT2D eigenvalue weighted by Crippen LogP contribution is -2.49. The fraction of sp³-hybridized carbons (Fsp3) is 0.538. The van der Waals surface area contributed by atoms with E-state index in [2.05, 4.69) is 15.6 Å². The molecule has 8 heteroatoms. The van der Waals surface area contributed by atoms with Crippen molar-refractivity contribution in [1.29, 1.82) is 5.26 Å². The van der Waals surface area contributed by atoms with Gasteiger partial charge in [-0.1, -0.05) is 0 Å². The second kappa shape index (κ2) is 6.47. The zero-order chi connectivity index (χ0) is 15.3. The molecular formula is C13H17N5O3. The molecule has 0 spiro atoms. The number of ether oxygens (including phenoxy) is 1. The van der Waals surface area contributed by atoms with Crippen molar-refractivity contribution in [1.82, 2.24) is 10.3 Å². The fourth-order valence-electron chi connectivity index (χ4n) is 2.51. The average molecular weight is 291 g/mol. The molecule has 1 atom stereocenters. The minimum absolute atomic E-state index is 0.165. The van der Waals surface area contributed by atoms with Crippen molar-refractivity contribution in [3.8, 4) is 6.07 Å². The minimum atomic E-state index is -0.540. The highest BCUT2D eigenvalue weighted by atomic mass is 16.6. The second-order valence-electron chi connectivity index (χ2n) is 5.06. The van der Waals surface area contributed by atoms with Crippen molar-refractivity contribution in [2.45, 2.75) is 18.4 Å². The van der Waals surface area contributed by atoms with Crippen LogP contribution in [0, 0.1) is 21.4 Å². The average Bonchev–Trinajstić information content (AvgIpc) is 2.94. The third-order valence-corrected chi connectivity index (χ3v) is 3.54. The Kier molecular flexibility index (Phi) is 4.67. The Balaban J connectivity index is 2.16. The number of hydrogen-bond acceptors (Lipinski definition) is 7. The molecule has 8 nitrogen and oxygen atoms in total. The van der Waals surface area contributed by atoms with E-state index >= 15 is 0 Å². The third-order valence-electron chi connectivity index (χ3n) is 3.54. The molecule has 2 N–H and O–H groups in total. The number of nitro groups is 1. The van der Waals surface area contributed by atoms with Gasteiger partial charge >= 0.3 is 5.69 Å². The fourth-order valence-corrected chi connectivity index (χ4v) is 2.51. The zero-order valence-electron chi connectivity index (χ0n) is 11.8. The van der Waals surface area contributed by atoms with E-state index in [4.69, 9.17) is 10.00 Å². The molecule has 1 aliphatic heterocycles. The lowest BCUT2D eigenvalue weighted by molar-refractivity contribution is -0.384. The van der Waals surface area contributed by atoms with Crippen LogP contribution in [0.3, 0.4) is 0 Å². The molecular weight excluding hydrogens is 274 g/mol. The van der Waals surface area contributed by atoms with Crippen molar-refractivity contribution in [3.63, 3.8) is 0 Å². The van der Waals surface area contributed by atoms with Gasteiger partial charge in [0.05, 0.1) is 22.6 Å². The Hall–Kier alpha value is -2.24. The molecule has 0 bridgehead atoms. The normalized spacial score (nSPS) is 21.0. The maximum absolute atomic E-state index is 11.1. The van der Waals surface area contributed by atoms with Gasteiger partial charge < -0.3 is 15.4 Å². The molecule has 0 amide bonds. The van der Waals surface area contributed by atoms with Crippen LogP contribution in [0.1, 0.15) is 18.4 Å².